The number of hydrogen-bond donors (Lipinski definition) is 1. The molecule has 0 spiro atoms. The number of rotatable bonds is 6. The van der Waals surface area contributed by atoms with Crippen LogP contribution in [0.1, 0.15) is 18.2 Å². The van der Waals surface area contributed by atoms with Crippen molar-refractivity contribution in [3.63, 3.8) is 0 Å². The van der Waals surface area contributed by atoms with Crippen molar-refractivity contribution in [2.45, 2.75) is 20.0 Å². The Morgan fingerprint density at radius 3 is 2.75 bits per heavy atom. The van der Waals surface area contributed by atoms with Crippen molar-refractivity contribution in [1.82, 2.24) is 4.90 Å². The molecule has 2 aromatic rings. The van der Waals surface area contributed by atoms with Crippen LogP contribution >= 0.6 is 0 Å². The number of non-ortho nitro benzene ring substituents is 1. The molecule has 6 heteroatoms. The van der Waals surface area contributed by atoms with Crippen LogP contribution in [0.15, 0.2) is 41.0 Å². The second-order valence-corrected chi connectivity index (χ2v) is 4.52. The topological polar surface area (TPSA) is 85.5 Å². The van der Waals surface area contributed by atoms with Crippen molar-refractivity contribution in [2.75, 3.05) is 12.3 Å². The molecule has 106 valence electrons. The average molecular weight is 275 g/mol. The molecule has 2 N–H and O–H groups in total. The van der Waals surface area contributed by atoms with Gasteiger partial charge in [0, 0.05) is 24.4 Å². The summed E-state index contributed by atoms with van der Waals surface area (Å²) in [6, 6.07) is 8.26. The number of benzene rings is 1. The Labute approximate surface area is 116 Å². The highest BCUT2D eigenvalue weighted by Crippen LogP contribution is 2.21. The molecule has 0 amide bonds. The van der Waals surface area contributed by atoms with Gasteiger partial charge in [0.1, 0.15) is 5.76 Å². The molecule has 0 aliphatic carbocycles. The minimum Gasteiger partial charge on any atom is -0.468 e. The number of nitro groups is 1. The van der Waals surface area contributed by atoms with Crippen molar-refractivity contribution in [1.29, 1.82) is 0 Å². The average Bonchev–Trinajstić information content (AvgIpc) is 2.92. The van der Waals surface area contributed by atoms with Gasteiger partial charge in [-0.25, -0.2) is 0 Å². The van der Waals surface area contributed by atoms with E-state index in [2.05, 4.69) is 4.90 Å². The van der Waals surface area contributed by atoms with E-state index in [-0.39, 0.29) is 5.69 Å². The lowest BCUT2D eigenvalue weighted by Gasteiger charge is -2.20. The summed E-state index contributed by atoms with van der Waals surface area (Å²) in [5.41, 5.74) is 7.27. The van der Waals surface area contributed by atoms with Gasteiger partial charge in [-0.1, -0.05) is 6.92 Å². The van der Waals surface area contributed by atoms with Crippen LogP contribution < -0.4 is 5.73 Å². The van der Waals surface area contributed by atoms with Gasteiger partial charge < -0.3 is 10.2 Å². The molecule has 0 aliphatic rings. The molecule has 0 unspecified atom stereocenters. The van der Waals surface area contributed by atoms with E-state index in [1.807, 2.05) is 19.1 Å². The largest absolute Gasteiger partial charge is 0.468 e. The van der Waals surface area contributed by atoms with Crippen molar-refractivity contribution in [2.24, 2.45) is 0 Å². The zero-order valence-corrected chi connectivity index (χ0v) is 11.3. The predicted octanol–water partition coefficient (Wildman–Crippen LogP) is 2.79. The Bertz CT molecular complexity index is 581. The van der Waals surface area contributed by atoms with Gasteiger partial charge in [-0.2, -0.15) is 0 Å². The number of nitrogens with zero attached hydrogens (tertiary/aromatic N) is 2. The van der Waals surface area contributed by atoms with Crippen molar-refractivity contribution in [3.8, 4) is 0 Å². The highest BCUT2D eigenvalue weighted by molar-refractivity contribution is 5.52. The van der Waals surface area contributed by atoms with Crippen LogP contribution in [0.5, 0.6) is 0 Å². The maximum Gasteiger partial charge on any atom is 0.269 e. The summed E-state index contributed by atoms with van der Waals surface area (Å²) >= 11 is 0. The monoisotopic (exact) mass is 275 g/mol. The van der Waals surface area contributed by atoms with Gasteiger partial charge in [-0.05, 0) is 30.3 Å². The Hall–Kier alpha value is -2.34. The maximum absolute atomic E-state index is 10.8. The van der Waals surface area contributed by atoms with E-state index >= 15 is 0 Å². The Kier molecular flexibility index (Phi) is 4.37. The van der Waals surface area contributed by atoms with Crippen LogP contribution in [0.25, 0.3) is 0 Å². The Balaban J connectivity index is 2.14. The van der Waals surface area contributed by atoms with E-state index in [0.717, 1.165) is 17.9 Å². The fourth-order valence-corrected chi connectivity index (χ4v) is 1.99. The van der Waals surface area contributed by atoms with Gasteiger partial charge in [-0.3, -0.25) is 15.0 Å². The number of anilines is 1. The summed E-state index contributed by atoms with van der Waals surface area (Å²) in [5.74, 6) is 0.857. The van der Waals surface area contributed by atoms with E-state index in [1.54, 1.807) is 12.3 Å². The summed E-state index contributed by atoms with van der Waals surface area (Å²) < 4.78 is 5.31. The van der Waals surface area contributed by atoms with Gasteiger partial charge in [0.15, 0.2) is 0 Å². The first kappa shape index (κ1) is 14.1. The first-order valence-electron chi connectivity index (χ1n) is 6.37. The normalized spacial score (nSPS) is 10.9. The molecule has 2 rings (SSSR count). The van der Waals surface area contributed by atoms with Crippen LogP contribution in [-0.2, 0) is 13.1 Å². The lowest BCUT2D eigenvalue weighted by Crippen LogP contribution is -2.22. The Morgan fingerprint density at radius 2 is 2.15 bits per heavy atom. The molecule has 0 bridgehead atoms. The fourth-order valence-electron chi connectivity index (χ4n) is 1.99. The van der Waals surface area contributed by atoms with Crippen molar-refractivity contribution >= 4 is 11.4 Å². The number of hydrogen-bond acceptors (Lipinski definition) is 5. The molecule has 0 atom stereocenters. The molecular formula is C14H17N3O3. The van der Waals surface area contributed by atoms with Crippen LogP contribution in [0.4, 0.5) is 11.4 Å². The lowest BCUT2D eigenvalue weighted by molar-refractivity contribution is -0.384. The quantitative estimate of drug-likeness (QED) is 0.497. The molecule has 0 aliphatic heterocycles. The van der Waals surface area contributed by atoms with Crippen molar-refractivity contribution in [3.05, 3.63) is 58.0 Å². The molecule has 1 aromatic heterocycles. The number of nitrogens with two attached hydrogens (primary N) is 1. The van der Waals surface area contributed by atoms with Gasteiger partial charge in [-0.15, -0.1) is 0 Å². The standard InChI is InChI=1S/C14H17N3O3/c1-2-16(10-13-4-3-7-20-13)9-11-8-12(17(18)19)5-6-14(11)15/h3-8H,2,9-10,15H2,1H3. The summed E-state index contributed by atoms with van der Waals surface area (Å²) in [7, 11) is 0. The second-order valence-electron chi connectivity index (χ2n) is 4.52. The third-order valence-electron chi connectivity index (χ3n) is 3.14. The smallest absolute Gasteiger partial charge is 0.269 e. The predicted molar refractivity (Wildman–Crippen MR) is 76.0 cm³/mol. The fraction of sp³-hybridized carbons (Fsp3) is 0.286. The Morgan fingerprint density at radius 1 is 1.35 bits per heavy atom. The SMILES string of the molecule is CCN(Cc1ccco1)Cc1cc([N+](=O)[O-])ccc1N. The summed E-state index contributed by atoms with van der Waals surface area (Å²) in [6.07, 6.45) is 1.63. The van der Waals surface area contributed by atoms with Crippen LogP contribution in [-0.4, -0.2) is 16.4 Å². The molecule has 1 heterocycles. The minimum absolute atomic E-state index is 0.0586. The zero-order valence-electron chi connectivity index (χ0n) is 11.3. The van der Waals surface area contributed by atoms with Crippen LogP contribution in [0.3, 0.4) is 0 Å². The van der Waals surface area contributed by atoms with E-state index in [9.17, 15) is 10.1 Å². The van der Waals surface area contributed by atoms with E-state index in [1.165, 1.54) is 12.1 Å². The van der Waals surface area contributed by atoms with E-state index < -0.39 is 4.92 Å². The first-order valence-corrected chi connectivity index (χ1v) is 6.37. The molecule has 6 nitrogen and oxygen atoms in total. The number of furan rings is 1. The van der Waals surface area contributed by atoms with Crippen LogP contribution in [0.2, 0.25) is 0 Å². The molecule has 0 saturated carbocycles. The third-order valence-corrected chi connectivity index (χ3v) is 3.14. The van der Waals surface area contributed by atoms with Crippen molar-refractivity contribution < 1.29 is 9.34 Å². The maximum atomic E-state index is 10.8. The highest BCUT2D eigenvalue weighted by Gasteiger charge is 2.13. The third kappa shape index (κ3) is 3.36. The van der Waals surface area contributed by atoms with E-state index in [0.29, 0.717) is 18.8 Å². The van der Waals surface area contributed by atoms with Gasteiger partial charge in [0.2, 0.25) is 0 Å². The first-order chi connectivity index (χ1) is 9.60. The number of nitrogen functional groups attached to an aromatic ring is 1. The molecule has 0 fully saturated rings. The van der Waals surface area contributed by atoms with Gasteiger partial charge in [0.25, 0.3) is 5.69 Å². The molecule has 20 heavy (non-hydrogen) atoms. The lowest BCUT2D eigenvalue weighted by atomic mass is 10.1. The summed E-state index contributed by atoms with van der Waals surface area (Å²) in [5, 5.41) is 10.8. The molecule has 0 saturated heterocycles. The summed E-state index contributed by atoms with van der Waals surface area (Å²) in [6.45, 7) is 4.01. The second kappa shape index (κ2) is 6.21. The molecule has 0 radical (unpaired) electrons. The molecular weight excluding hydrogens is 258 g/mol. The van der Waals surface area contributed by atoms with Gasteiger partial charge in [0.05, 0.1) is 17.7 Å². The number of nitro benzene ring substituents is 1. The summed E-state index contributed by atoms with van der Waals surface area (Å²) in [4.78, 5) is 12.5. The van der Waals surface area contributed by atoms with Gasteiger partial charge >= 0.3 is 0 Å². The zero-order chi connectivity index (χ0) is 14.5. The highest BCUT2D eigenvalue weighted by atomic mass is 16.6. The van der Waals surface area contributed by atoms with E-state index in [4.69, 9.17) is 10.2 Å². The minimum atomic E-state index is -0.411. The van der Waals surface area contributed by atoms with Crippen LogP contribution in [0, 0.1) is 10.1 Å². The molecule has 1 aromatic carbocycles.